The van der Waals surface area contributed by atoms with Crippen LogP contribution in [0, 0.1) is 5.92 Å². The Morgan fingerprint density at radius 1 is 1.40 bits per heavy atom. The maximum atomic E-state index is 12.6. The molecule has 1 aromatic rings. The van der Waals surface area contributed by atoms with Crippen molar-refractivity contribution in [2.24, 2.45) is 11.7 Å². The second-order valence-electron chi connectivity index (χ2n) is 7.21. The van der Waals surface area contributed by atoms with Gasteiger partial charge in [-0.05, 0) is 44.4 Å². The average molecular weight is 349 g/mol. The lowest BCUT2D eigenvalue weighted by Gasteiger charge is -2.29. The molecule has 7 heteroatoms. The Morgan fingerprint density at radius 3 is 2.68 bits per heavy atom. The van der Waals surface area contributed by atoms with Crippen LogP contribution in [-0.4, -0.2) is 35.6 Å². The highest BCUT2D eigenvalue weighted by molar-refractivity contribution is 5.93. The highest BCUT2D eigenvalue weighted by Crippen LogP contribution is 2.44. The number of hydrogen-bond donors (Lipinski definition) is 2. The van der Waals surface area contributed by atoms with Crippen molar-refractivity contribution in [2.75, 3.05) is 13.3 Å². The van der Waals surface area contributed by atoms with Gasteiger partial charge in [0, 0.05) is 29.8 Å². The molecule has 3 N–H and O–H groups in total. The van der Waals surface area contributed by atoms with Gasteiger partial charge in [-0.25, -0.2) is 4.39 Å². The average Bonchev–Trinajstić information content (AvgIpc) is 3.43. The van der Waals surface area contributed by atoms with E-state index in [-0.39, 0.29) is 30.5 Å². The van der Waals surface area contributed by atoms with Crippen LogP contribution in [0.2, 0.25) is 0 Å². The summed E-state index contributed by atoms with van der Waals surface area (Å²) in [6, 6.07) is 1.57. The number of nitrogens with two attached hydrogens (primary N) is 1. The summed E-state index contributed by atoms with van der Waals surface area (Å²) in [6.45, 7) is 1.20. The van der Waals surface area contributed by atoms with Gasteiger partial charge in [-0.2, -0.15) is 0 Å². The molecule has 1 heterocycles. The van der Waals surface area contributed by atoms with Crippen LogP contribution in [0.15, 0.2) is 12.3 Å². The lowest BCUT2D eigenvalue weighted by molar-refractivity contribution is -0.119. The van der Waals surface area contributed by atoms with Gasteiger partial charge in [0.25, 0.3) is 5.91 Å². The molecule has 0 aliphatic heterocycles. The summed E-state index contributed by atoms with van der Waals surface area (Å²) < 4.78 is 17.9. The first-order valence-electron chi connectivity index (χ1n) is 8.72. The van der Waals surface area contributed by atoms with E-state index < -0.39 is 18.1 Å². The molecule has 2 fully saturated rings. The van der Waals surface area contributed by atoms with Crippen LogP contribution in [0.25, 0.3) is 0 Å². The highest BCUT2D eigenvalue weighted by Gasteiger charge is 2.44. The second-order valence-corrected chi connectivity index (χ2v) is 7.21. The van der Waals surface area contributed by atoms with Crippen molar-refractivity contribution >= 4 is 11.8 Å². The Labute approximate surface area is 146 Å². The van der Waals surface area contributed by atoms with E-state index in [1.165, 1.54) is 0 Å². The van der Waals surface area contributed by atoms with E-state index in [1.807, 2.05) is 6.92 Å². The van der Waals surface area contributed by atoms with Gasteiger partial charge in [-0.3, -0.25) is 14.6 Å². The predicted octanol–water partition coefficient (Wildman–Crippen LogP) is 2.08. The van der Waals surface area contributed by atoms with E-state index in [0.29, 0.717) is 11.7 Å². The molecule has 0 bridgehead atoms. The fourth-order valence-corrected chi connectivity index (χ4v) is 3.24. The van der Waals surface area contributed by atoms with E-state index in [0.717, 1.165) is 31.2 Å². The molecule has 6 nitrogen and oxygen atoms in total. The third-order valence-electron chi connectivity index (χ3n) is 4.90. The van der Waals surface area contributed by atoms with Crippen molar-refractivity contribution in [3.05, 3.63) is 23.5 Å². The van der Waals surface area contributed by atoms with Crippen molar-refractivity contribution in [1.29, 1.82) is 0 Å². The second kappa shape index (κ2) is 6.98. The minimum atomic E-state index is -0.667. The standard InChI is InChI=1S/C18H24FN3O3/c1-18(9-16(20)23,12-4-5-12)22-17(24)14-8-15(25-7-6-19)13(10-21-14)11-2-3-11/h8,10-12H,2-7,9H2,1H3,(H2,20,23)(H,22,24)/t18-/m0/s1. The first kappa shape index (κ1) is 17.6. The number of ether oxygens (including phenoxy) is 1. The maximum Gasteiger partial charge on any atom is 0.270 e. The fraction of sp³-hybridized carbons (Fsp3) is 0.611. The number of amides is 2. The Balaban J connectivity index is 1.77. The molecule has 136 valence electrons. The van der Waals surface area contributed by atoms with Crippen LogP contribution in [-0.2, 0) is 4.79 Å². The van der Waals surface area contributed by atoms with Crippen molar-refractivity contribution in [3.63, 3.8) is 0 Å². The van der Waals surface area contributed by atoms with Crippen LogP contribution < -0.4 is 15.8 Å². The van der Waals surface area contributed by atoms with Crippen molar-refractivity contribution in [3.8, 4) is 5.75 Å². The van der Waals surface area contributed by atoms with E-state index in [2.05, 4.69) is 10.3 Å². The van der Waals surface area contributed by atoms with Crippen LogP contribution >= 0.6 is 0 Å². The number of alkyl halides is 1. The Bertz CT molecular complexity index is 674. The van der Waals surface area contributed by atoms with Crippen LogP contribution in [0.3, 0.4) is 0 Å². The molecule has 2 aliphatic carbocycles. The first-order valence-corrected chi connectivity index (χ1v) is 8.72. The molecule has 0 spiro atoms. The molecule has 1 atom stereocenters. The summed E-state index contributed by atoms with van der Waals surface area (Å²) >= 11 is 0. The molecule has 25 heavy (non-hydrogen) atoms. The Hall–Kier alpha value is -2.18. The molecule has 2 saturated carbocycles. The largest absolute Gasteiger partial charge is 0.490 e. The van der Waals surface area contributed by atoms with Gasteiger partial charge in [0.2, 0.25) is 5.91 Å². The van der Waals surface area contributed by atoms with E-state index in [9.17, 15) is 14.0 Å². The number of hydrogen-bond acceptors (Lipinski definition) is 4. The monoisotopic (exact) mass is 349 g/mol. The quantitative estimate of drug-likeness (QED) is 0.714. The number of nitrogens with zero attached hydrogens (tertiary/aromatic N) is 1. The van der Waals surface area contributed by atoms with Crippen molar-refractivity contribution in [1.82, 2.24) is 10.3 Å². The zero-order chi connectivity index (χ0) is 18.0. The molecule has 0 aromatic carbocycles. The molecule has 0 radical (unpaired) electrons. The van der Waals surface area contributed by atoms with E-state index >= 15 is 0 Å². The molecule has 2 aliphatic rings. The minimum absolute atomic E-state index is 0.0493. The zero-order valence-corrected chi connectivity index (χ0v) is 14.4. The molecule has 3 rings (SSSR count). The smallest absolute Gasteiger partial charge is 0.270 e. The van der Waals surface area contributed by atoms with Crippen LogP contribution in [0.5, 0.6) is 5.75 Å². The summed E-state index contributed by atoms with van der Waals surface area (Å²) in [6.07, 6.45) is 5.76. The Kier molecular flexibility index (Phi) is 4.92. The SMILES string of the molecule is C[C@@](CC(N)=O)(NC(=O)c1cc(OCCF)c(C2CC2)cn1)C1CC1. The molecule has 2 amide bonds. The van der Waals surface area contributed by atoms with Crippen molar-refractivity contribution in [2.45, 2.75) is 50.5 Å². The zero-order valence-electron chi connectivity index (χ0n) is 14.4. The first-order chi connectivity index (χ1) is 11.9. The molecular weight excluding hydrogens is 325 g/mol. The highest BCUT2D eigenvalue weighted by atomic mass is 19.1. The molecule has 0 unspecified atom stereocenters. The summed E-state index contributed by atoms with van der Waals surface area (Å²) in [5.41, 5.74) is 5.80. The number of nitrogens with one attached hydrogen (secondary N) is 1. The summed E-state index contributed by atoms with van der Waals surface area (Å²) in [5, 5.41) is 2.92. The van der Waals surface area contributed by atoms with Gasteiger partial charge < -0.3 is 15.8 Å². The maximum absolute atomic E-state index is 12.6. The summed E-state index contributed by atoms with van der Waals surface area (Å²) in [4.78, 5) is 28.3. The number of carbonyl (C=O) groups is 2. The molecule has 0 saturated heterocycles. The predicted molar refractivity (Wildman–Crippen MR) is 90.1 cm³/mol. The minimum Gasteiger partial charge on any atom is -0.490 e. The number of carbonyl (C=O) groups excluding carboxylic acids is 2. The lowest BCUT2D eigenvalue weighted by Crippen LogP contribution is -2.50. The summed E-state index contributed by atoms with van der Waals surface area (Å²) in [7, 11) is 0. The molecular formula is C18H24FN3O3. The molecule has 1 aromatic heterocycles. The number of rotatable bonds is 9. The Morgan fingerprint density at radius 2 is 2.12 bits per heavy atom. The fourth-order valence-electron chi connectivity index (χ4n) is 3.24. The van der Waals surface area contributed by atoms with Gasteiger partial charge in [-0.15, -0.1) is 0 Å². The number of aromatic nitrogens is 1. The van der Waals surface area contributed by atoms with Gasteiger partial charge in [0.1, 0.15) is 24.7 Å². The topological polar surface area (TPSA) is 94.3 Å². The van der Waals surface area contributed by atoms with E-state index in [4.69, 9.17) is 10.5 Å². The van der Waals surface area contributed by atoms with Gasteiger partial charge >= 0.3 is 0 Å². The summed E-state index contributed by atoms with van der Waals surface area (Å²) in [5.74, 6) is 0.327. The number of primary amides is 1. The third-order valence-corrected chi connectivity index (χ3v) is 4.90. The van der Waals surface area contributed by atoms with Gasteiger partial charge in [0.05, 0.1) is 0 Å². The number of pyridine rings is 1. The van der Waals surface area contributed by atoms with Crippen LogP contribution in [0.1, 0.15) is 61.0 Å². The van der Waals surface area contributed by atoms with Gasteiger partial charge in [0.15, 0.2) is 0 Å². The number of halogens is 1. The van der Waals surface area contributed by atoms with Gasteiger partial charge in [-0.1, -0.05) is 0 Å². The third kappa shape index (κ3) is 4.27. The van der Waals surface area contributed by atoms with E-state index in [1.54, 1.807) is 12.3 Å². The lowest BCUT2D eigenvalue weighted by atomic mass is 9.91. The van der Waals surface area contributed by atoms with Crippen molar-refractivity contribution < 1.29 is 18.7 Å². The van der Waals surface area contributed by atoms with Crippen LogP contribution in [0.4, 0.5) is 4.39 Å². The normalized spacial score (nSPS) is 19.1.